The van der Waals surface area contributed by atoms with Crippen LogP contribution in [0, 0.1) is 6.92 Å². The van der Waals surface area contributed by atoms with E-state index in [0.29, 0.717) is 48.3 Å². The molecule has 0 spiro atoms. The lowest BCUT2D eigenvalue weighted by Crippen LogP contribution is -2.37. The van der Waals surface area contributed by atoms with Crippen LogP contribution >= 0.6 is 11.6 Å². The van der Waals surface area contributed by atoms with Gasteiger partial charge in [0, 0.05) is 29.4 Å². The summed E-state index contributed by atoms with van der Waals surface area (Å²) in [5.41, 5.74) is 3.32. The fourth-order valence-corrected chi connectivity index (χ4v) is 3.70. The first kappa shape index (κ1) is 21.9. The molecular formula is C24H23ClN2O5. The van der Waals surface area contributed by atoms with E-state index in [1.165, 1.54) is 7.11 Å². The van der Waals surface area contributed by atoms with Crippen LogP contribution in [-0.4, -0.2) is 45.3 Å². The van der Waals surface area contributed by atoms with Crippen LogP contribution in [0.3, 0.4) is 0 Å². The van der Waals surface area contributed by atoms with Crippen LogP contribution in [0.2, 0.25) is 5.02 Å². The molecule has 1 aliphatic heterocycles. The van der Waals surface area contributed by atoms with Crippen molar-refractivity contribution in [3.05, 3.63) is 70.4 Å². The molecule has 166 valence electrons. The van der Waals surface area contributed by atoms with Gasteiger partial charge in [0.25, 0.3) is 5.91 Å². The molecule has 1 N–H and O–H groups in total. The Hall–Kier alpha value is -3.29. The van der Waals surface area contributed by atoms with Crippen molar-refractivity contribution in [2.75, 3.05) is 43.6 Å². The number of benzene rings is 2. The van der Waals surface area contributed by atoms with Crippen LogP contribution in [0.4, 0.5) is 11.4 Å². The van der Waals surface area contributed by atoms with Crippen LogP contribution in [0.1, 0.15) is 26.5 Å². The quantitative estimate of drug-likeness (QED) is 0.558. The van der Waals surface area contributed by atoms with E-state index >= 15 is 0 Å². The van der Waals surface area contributed by atoms with Crippen molar-refractivity contribution >= 4 is 34.9 Å². The number of nitrogens with zero attached hydrogens (tertiary/aromatic N) is 1. The molecule has 0 unspecified atom stereocenters. The highest BCUT2D eigenvalue weighted by Gasteiger charge is 2.21. The summed E-state index contributed by atoms with van der Waals surface area (Å²) in [6.45, 7) is 4.44. The van der Waals surface area contributed by atoms with Gasteiger partial charge in [0.1, 0.15) is 5.76 Å². The third-order valence-corrected chi connectivity index (χ3v) is 5.70. The second-order valence-corrected chi connectivity index (χ2v) is 7.81. The zero-order valence-electron chi connectivity index (χ0n) is 17.8. The number of morpholine rings is 1. The van der Waals surface area contributed by atoms with Gasteiger partial charge in [-0.3, -0.25) is 4.79 Å². The van der Waals surface area contributed by atoms with Gasteiger partial charge < -0.3 is 24.1 Å². The molecule has 0 bridgehead atoms. The average molecular weight is 455 g/mol. The number of carbonyl (C=O) groups is 2. The zero-order chi connectivity index (χ0) is 22.7. The van der Waals surface area contributed by atoms with Crippen molar-refractivity contribution in [1.82, 2.24) is 0 Å². The van der Waals surface area contributed by atoms with Crippen molar-refractivity contribution in [3.8, 4) is 11.3 Å². The minimum absolute atomic E-state index is 0.147. The van der Waals surface area contributed by atoms with Crippen LogP contribution in [0.25, 0.3) is 11.3 Å². The Labute approximate surface area is 190 Å². The maximum absolute atomic E-state index is 12.7. The number of furan rings is 1. The first-order chi connectivity index (χ1) is 15.5. The number of ether oxygens (including phenoxy) is 2. The molecular weight excluding hydrogens is 432 g/mol. The first-order valence-corrected chi connectivity index (χ1v) is 10.6. The highest BCUT2D eigenvalue weighted by Crippen LogP contribution is 2.29. The van der Waals surface area contributed by atoms with E-state index < -0.39 is 11.9 Å². The molecule has 7 nitrogen and oxygen atoms in total. The monoisotopic (exact) mass is 454 g/mol. The van der Waals surface area contributed by atoms with E-state index in [-0.39, 0.29) is 5.76 Å². The van der Waals surface area contributed by atoms with E-state index in [4.69, 9.17) is 25.5 Å². The van der Waals surface area contributed by atoms with Crippen molar-refractivity contribution in [2.24, 2.45) is 0 Å². The molecule has 0 radical (unpaired) electrons. The molecule has 1 amide bonds. The lowest BCUT2D eigenvalue weighted by atomic mass is 10.1. The number of halogens is 1. The average Bonchev–Trinajstić information content (AvgIpc) is 3.31. The van der Waals surface area contributed by atoms with E-state index in [9.17, 15) is 9.59 Å². The van der Waals surface area contributed by atoms with Gasteiger partial charge in [-0.25, -0.2) is 4.79 Å². The number of hydrogen-bond donors (Lipinski definition) is 1. The highest BCUT2D eigenvalue weighted by atomic mass is 35.5. The fourth-order valence-electron chi connectivity index (χ4n) is 3.52. The molecule has 0 aliphatic carbocycles. The van der Waals surface area contributed by atoms with Gasteiger partial charge in [-0.15, -0.1) is 0 Å². The van der Waals surface area contributed by atoms with Crippen molar-refractivity contribution in [3.63, 3.8) is 0 Å². The van der Waals surface area contributed by atoms with Gasteiger partial charge in [0.05, 0.1) is 31.6 Å². The predicted octanol–water partition coefficient (Wildman–Crippen LogP) is 4.78. The minimum atomic E-state index is -0.473. The lowest BCUT2D eigenvalue weighted by molar-refractivity contribution is 0.0600. The number of amides is 1. The SMILES string of the molecule is COC(=O)c1cc(NC(=O)c2ccc(-c3ccc(C)c(Cl)c3)o2)ccc1N1CCOCC1. The van der Waals surface area contributed by atoms with Gasteiger partial charge >= 0.3 is 5.97 Å². The number of aryl methyl sites for hydroxylation is 1. The van der Waals surface area contributed by atoms with Gasteiger partial charge in [0.2, 0.25) is 0 Å². The molecule has 8 heteroatoms. The fraction of sp³-hybridized carbons (Fsp3) is 0.250. The number of rotatable bonds is 5. The maximum Gasteiger partial charge on any atom is 0.340 e. The number of carbonyl (C=O) groups excluding carboxylic acids is 2. The third-order valence-electron chi connectivity index (χ3n) is 5.30. The summed E-state index contributed by atoms with van der Waals surface area (Å²) in [6.07, 6.45) is 0. The van der Waals surface area contributed by atoms with Crippen LogP contribution < -0.4 is 10.2 Å². The summed E-state index contributed by atoms with van der Waals surface area (Å²) in [6, 6.07) is 14.0. The summed E-state index contributed by atoms with van der Waals surface area (Å²) in [7, 11) is 1.33. The smallest absolute Gasteiger partial charge is 0.340 e. The van der Waals surface area contributed by atoms with E-state index in [2.05, 4.69) is 10.2 Å². The Kier molecular flexibility index (Phi) is 6.48. The molecule has 0 saturated carbocycles. The van der Waals surface area contributed by atoms with Gasteiger partial charge in [-0.05, 0) is 48.9 Å². The molecule has 1 aliphatic rings. The third kappa shape index (κ3) is 4.64. The minimum Gasteiger partial charge on any atom is -0.465 e. The molecule has 1 fully saturated rings. The van der Waals surface area contributed by atoms with E-state index in [1.54, 1.807) is 36.4 Å². The Bertz CT molecular complexity index is 1150. The summed E-state index contributed by atoms with van der Waals surface area (Å²) < 4.78 is 16.1. The van der Waals surface area contributed by atoms with Crippen LogP contribution in [0.5, 0.6) is 0 Å². The summed E-state index contributed by atoms with van der Waals surface area (Å²) in [5, 5.41) is 3.41. The molecule has 4 rings (SSSR count). The Morgan fingerprint density at radius 2 is 1.84 bits per heavy atom. The number of hydrogen-bond acceptors (Lipinski definition) is 6. The Balaban J connectivity index is 1.54. The highest BCUT2D eigenvalue weighted by molar-refractivity contribution is 6.31. The number of esters is 1. The molecule has 1 saturated heterocycles. The lowest BCUT2D eigenvalue weighted by Gasteiger charge is -2.30. The van der Waals surface area contributed by atoms with E-state index in [0.717, 1.165) is 16.8 Å². The van der Waals surface area contributed by atoms with Gasteiger partial charge in [0.15, 0.2) is 5.76 Å². The maximum atomic E-state index is 12.7. The topological polar surface area (TPSA) is 81.0 Å². The normalized spacial score (nSPS) is 13.7. The summed E-state index contributed by atoms with van der Waals surface area (Å²) >= 11 is 6.19. The molecule has 32 heavy (non-hydrogen) atoms. The standard InChI is InChI=1S/C24H23ClN2O5/c1-15-3-4-16(13-19(15)25)21-7-8-22(32-21)23(28)26-17-5-6-20(18(14-17)24(29)30-2)27-9-11-31-12-10-27/h3-8,13-14H,9-12H2,1-2H3,(H,26,28). The molecule has 1 aromatic heterocycles. The van der Waals surface area contributed by atoms with Gasteiger partial charge in [-0.1, -0.05) is 23.7 Å². The summed E-state index contributed by atoms with van der Waals surface area (Å²) in [5.74, 6) is -0.216. The molecule has 0 atom stereocenters. The van der Waals surface area contributed by atoms with E-state index in [1.807, 2.05) is 19.1 Å². The van der Waals surface area contributed by atoms with Crippen molar-refractivity contribution < 1.29 is 23.5 Å². The first-order valence-electron chi connectivity index (χ1n) is 10.2. The zero-order valence-corrected chi connectivity index (χ0v) is 18.6. The molecule has 2 aromatic carbocycles. The Morgan fingerprint density at radius 1 is 1.06 bits per heavy atom. The Morgan fingerprint density at radius 3 is 2.56 bits per heavy atom. The van der Waals surface area contributed by atoms with Crippen LogP contribution in [0.15, 0.2) is 52.9 Å². The number of methoxy groups -OCH3 is 1. The number of anilines is 2. The van der Waals surface area contributed by atoms with Crippen LogP contribution in [-0.2, 0) is 9.47 Å². The summed E-state index contributed by atoms with van der Waals surface area (Å²) in [4.78, 5) is 27.2. The largest absolute Gasteiger partial charge is 0.465 e. The van der Waals surface area contributed by atoms with Crippen molar-refractivity contribution in [1.29, 1.82) is 0 Å². The molecule has 3 aromatic rings. The predicted molar refractivity (Wildman–Crippen MR) is 123 cm³/mol. The second kappa shape index (κ2) is 9.46. The van der Waals surface area contributed by atoms with Gasteiger partial charge in [-0.2, -0.15) is 0 Å². The number of nitrogens with one attached hydrogen (secondary N) is 1. The second-order valence-electron chi connectivity index (χ2n) is 7.40. The van der Waals surface area contributed by atoms with Crippen molar-refractivity contribution in [2.45, 2.75) is 6.92 Å². The molecule has 2 heterocycles.